The molecule has 0 aliphatic rings. The van der Waals surface area contributed by atoms with Gasteiger partial charge in [0, 0.05) is 0 Å². The zero-order valence-electron chi connectivity index (χ0n) is 9.25. The van der Waals surface area contributed by atoms with Crippen LogP contribution in [0.5, 0.6) is 5.75 Å². The fourth-order valence-electron chi connectivity index (χ4n) is 1.23. The third-order valence-electron chi connectivity index (χ3n) is 2.08. The number of nitriles is 3. The summed E-state index contributed by atoms with van der Waals surface area (Å²) in [4.78, 5) is 0. The number of phenolic OH excluding ortho intramolecular Hbond substituents is 1. The molecule has 86 valence electrons. The van der Waals surface area contributed by atoms with E-state index in [0.29, 0.717) is 5.56 Å². The highest BCUT2D eigenvalue weighted by Crippen LogP contribution is 2.17. The molecule has 0 bridgehead atoms. The average Bonchev–Trinajstić information content (AvgIpc) is 2.37. The number of aromatic hydroxyl groups is 1. The summed E-state index contributed by atoms with van der Waals surface area (Å²) in [5.41, 5.74) is 5.61. The molecule has 0 spiro atoms. The highest BCUT2D eigenvalue weighted by molar-refractivity contribution is 5.66. The van der Waals surface area contributed by atoms with E-state index in [1.165, 1.54) is 18.2 Å². The Kier molecular flexibility index (Phi) is 4.10. The summed E-state index contributed by atoms with van der Waals surface area (Å²) in [7, 11) is 0. The first kappa shape index (κ1) is 12.8. The maximum atomic E-state index is 9.28. The van der Waals surface area contributed by atoms with Crippen LogP contribution in [0.15, 0.2) is 41.1 Å². The Hall–Kier alpha value is -3.23. The smallest absolute Gasteiger partial charge is 0.153 e. The van der Waals surface area contributed by atoms with Crippen LogP contribution in [0.1, 0.15) is 5.56 Å². The van der Waals surface area contributed by atoms with Gasteiger partial charge in [0.05, 0.1) is 11.3 Å². The summed E-state index contributed by atoms with van der Waals surface area (Å²) >= 11 is 0. The molecular weight excluding hydrogens is 228 g/mol. The highest BCUT2D eigenvalue weighted by atomic mass is 16.3. The third-order valence-corrected chi connectivity index (χ3v) is 2.08. The number of hydrogen-bond donors (Lipinski definition) is 2. The van der Waals surface area contributed by atoms with E-state index in [2.05, 4.69) is 0 Å². The Morgan fingerprint density at radius 1 is 1.17 bits per heavy atom. The molecule has 0 amide bonds. The van der Waals surface area contributed by atoms with E-state index in [1.807, 2.05) is 6.07 Å². The van der Waals surface area contributed by atoms with Gasteiger partial charge in [0.1, 0.15) is 24.0 Å². The van der Waals surface area contributed by atoms with Gasteiger partial charge in [0.25, 0.3) is 0 Å². The molecule has 0 aliphatic carbocycles. The molecule has 1 aromatic rings. The van der Waals surface area contributed by atoms with Crippen molar-refractivity contribution in [3.8, 4) is 24.0 Å². The summed E-state index contributed by atoms with van der Waals surface area (Å²) in [6, 6.07) is 11.2. The van der Waals surface area contributed by atoms with Crippen LogP contribution in [0, 0.1) is 34.0 Å². The lowest BCUT2D eigenvalue weighted by Gasteiger charge is -2.00. The Morgan fingerprint density at radius 2 is 1.83 bits per heavy atom. The standard InChI is InChI=1S/C13H8N4O/c14-6-10(13(17)11(7-15)8-16)4-9-2-1-3-12(18)5-9/h1-5,18H,17H2/b10-4+. The van der Waals surface area contributed by atoms with Gasteiger partial charge in [-0.25, -0.2) is 0 Å². The number of allylic oxidation sites excluding steroid dienone is 2. The van der Waals surface area contributed by atoms with Crippen LogP contribution in [0.25, 0.3) is 6.08 Å². The maximum Gasteiger partial charge on any atom is 0.153 e. The number of rotatable bonds is 2. The molecule has 0 aromatic heterocycles. The summed E-state index contributed by atoms with van der Waals surface area (Å²) in [5, 5.41) is 35.6. The normalized spacial score (nSPS) is 9.72. The van der Waals surface area contributed by atoms with E-state index in [-0.39, 0.29) is 22.6 Å². The number of phenols is 1. The van der Waals surface area contributed by atoms with Crippen LogP contribution in [0.3, 0.4) is 0 Å². The van der Waals surface area contributed by atoms with Crippen LogP contribution >= 0.6 is 0 Å². The molecule has 0 fully saturated rings. The minimum Gasteiger partial charge on any atom is -0.508 e. The quantitative estimate of drug-likeness (QED) is 0.596. The summed E-state index contributed by atoms with van der Waals surface area (Å²) < 4.78 is 0. The summed E-state index contributed by atoms with van der Waals surface area (Å²) in [5.74, 6) is 0.0457. The third kappa shape index (κ3) is 2.88. The molecule has 5 nitrogen and oxygen atoms in total. The summed E-state index contributed by atoms with van der Waals surface area (Å²) in [6.07, 6.45) is 1.39. The van der Waals surface area contributed by atoms with Gasteiger partial charge in [0.2, 0.25) is 0 Å². The van der Waals surface area contributed by atoms with Crippen LogP contribution in [-0.2, 0) is 0 Å². The van der Waals surface area contributed by atoms with Crippen LogP contribution < -0.4 is 5.73 Å². The second-order valence-electron chi connectivity index (χ2n) is 3.28. The molecule has 0 atom stereocenters. The Labute approximate surface area is 104 Å². The molecule has 1 rings (SSSR count). The van der Waals surface area contributed by atoms with E-state index < -0.39 is 0 Å². The largest absolute Gasteiger partial charge is 0.508 e. The van der Waals surface area contributed by atoms with Crippen molar-refractivity contribution in [2.24, 2.45) is 5.73 Å². The first-order valence-electron chi connectivity index (χ1n) is 4.83. The molecule has 5 heteroatoms. The summed E-state index contributed by atoms with van der Waals surface area (Å²) in [6.45, 7) is 0. The Morgan fingerprint density at radius 3 is 2.33 bits per heavy atom. The first-order valence-corrected chi connectivity index (χ1v) is 4.83. The molecule has 3 N–H and O–H groups in total. The zero-order valence-corrected chi connectivity index (χ0v) is 9.25. The van der Waals surface area contributed by atoms with Crippen molar-refractivity contribution >= 4 is 6.08 Å². The van der Waals surface area contributed by atoms with Gasteiger partial charge in [-0.1, -0.05) is 12.1 Å². The lowest BCUT2D eigenvalue weighted by atomic mass is 10.1. The number of benzene rings is 1. The minimum atomic E-state index is -0.317. The molecule has 0 saturated carbocycles. The van der Waals surface area contributed by atoms with E-state index >= 15 is 0 Å². The number of nitrogens with two attached hydrogens (primary N) is 1. The van der Waals surface area contributed by atoms with Crippen molar-refractivity contribution in [2.45, 2.75) is 0 Å². The molecule has 0 heterocycles. The zero-order chi connectivity index (χ0) is 13.5. The maximum absolute atomic E-state index is 9.28. The van der Waals surface area contributed by atoms with Crippen molar-refractivity contribution in [1.82, 2.24) is 0 Å². The molecule has 18 heavy (non-hydrogen) atoms. The van der Waals surface area contributed by atoms with Gasteiger partial charge in [-0.15, -0.1) is 0 Å². The van der Waals surface area contributed by atoms with Gasteiger partial charge in [-0.3, -0.25) is 0 Å². The molecule has 0 unspecified atom stereocenters. The van der Waals surface area contributed by atoms with Gasteiger partial charge in [-0.05, 0) is 23.8 Å². The second-order valence-corrected chi connectivity index (χ2v) is 3.28. The van der Waals surface area contributed by atoms with E-state index in [1.54, 1.807) is 24.3 Å². The monoisotopic (exact) mass is 236 g/mol. The van der Waals surface area contributed by atoms with E-state index in [0.717, 1.165) is 0 Å². The lowest BCUT2D eigenvalue weighted by molar-refractivity contribution is 0.475. The molecule has 0 aliphatic heterocycles. The fraction of sp³-hybridized carbons (Fsp3) is 0. The van der Waals surface area contributed by atoms with Crippen molar-refractivity contribution in [3.05, 3.63) is 46.7 Å². The Bertz CT molecular complexity index is 635. The first-order chi connectivity index (χ1) is 8.62. The van der Waals surface area contributed by atoms with Gasteiger partial charge in [0.15, 0.2) is 5.57 Å². The van der Waals surface area contributed by atoms with E-state index in [4.69, 9.17) is 21.5 Å². The topological polar surface area (TPSA) is 118 Å². The van der Waals surface area contributed by atoms with Crippen molar-refractivity contribution in [1.29, 1.82) is 15.8 Å². The average molecular weight is 236 g/mol. The van der Waals surface area contributed by atoms with Crippen LogP contribution in [0.2, 0.25) is 0 Å². The SMILES string of the molecule is N#CC(C#N)=C(N)/C(C#N)=C/c1cccc(O)c1. The molecule has 0 saturated heterocycles. The van der Waals surface area contributed by atoms with E-state index in [9.17, 15) is 5.11 Å². The van der Waals surface area contributed by atoms with Crippen molar-refractivity contribution in [2.75, 3.05) is 0 Å². The molecule has 0 radical (unpaired) electrons. The molecular formula is C13H8N4O. The van der Waals surface area contributed by atoms with Gasteiger partial charge in [-0.2, -0.15) is 15.8 Å². The van der Waals surface area contributed by atoms with Gasteiger partial charge >= 0.3 is 0 Å². The van der Waals surface area contributed by atoms with Crippen molar-refractivity contribution in [3.63, 3.8) is 0 Å². The second kappa shape index (κ2) is 5.75. The fourth-order valence-corrected chi connectivity index (χ4v) is 1.23. The highest BCUT2D eigenvalue weighted by Gasteiger charge is 2.07. The predicted molar refractivity (Wildman–Crippen MR) is 64.1 cm³/mol. The lowest BCUT2D eigenvalue weighted by Crippen LogP contribution is -2.03. The minimum absolute atomic E-state index is 0.00120. The Balaban J connectivity index is 3.30. The predicted octanol–water partition coefficient (Wildman–Crippen LogP) is 1.56. The van der Waals surface area contributed by atoms with Crippen LogP contribution in [-0.4, -0.2) is 5.11 Å². The molecule has 1 aromatic carbocycles. The number of nitrogens with zero attached hydrogens (tertiary/aromatic N) is 3. The van der Waals surface area contributed by atoms with Crippen LogP contribution in [0.4, 0.5) is 0 Å². The van der Waals surface area contributed by atoms with Gasteiger partial charge < -0.3 is 10.8 Å². The van der Waals surface area contributed by atoms with Crippen molar-refractivity contribution < 1.29 is 5.11 Å². The number of hydrogen-bond acceptors (Lipinski definition) is 5.